The van der Waals surface area contributed by atoms with Gasteiger partial charge in [-0.25, -0.2) is 4.79 Å². The number of carbonyl (C=O) groups excluding carboxylic acids is 1. The van der Waals surface area contributed by atoms with Gasteiger partial charge in [-0.1, -0.05) is 24.6 Å². The summed E-state index contributed by atoms with van der Waals surface area (Å²) < 4.78 is 0. The highest BCUT2D eigenvalue weighted by molar-refractivity contribution is 5.87. The first-order chi connectivity index (χ1) is 9.19. The van der Waals surface area contributed by atoms with Crippen molar-refractivity contribution in [2.45, 2.75) is 53.0 Å². The van der Waals surface area contributed by atoms with Crippen molar-refractivity contribution in [1.82, 2.24) is 5.32 Å². The summed E-state index contributed by atoms with van der Waals surface area (Å²) in [6.45, 7) is 9.24. The van der Waals surface area contributed by atoms with Crippen molar-refractivity contribution in [3.05, 3.63) is 34.4 Å². The van der Waals surface area contributed by atoms with Gasteiger partial charge in [0.15, 0.2) is 0 Å². The van der Waals surface area contributed by atoms with Gasteiger partial charge < -0.3 is 10.4 Å². The zero-order chi connectivity index (χ0) is 15.5. The Hall–Kier alpha value is -1.84. The first-order valence-electron chi connectivity index (χ1n) is 6.80. The van der Waals surface area contributed by atoms with Gasteiger partial charge >= 0.3 is 5.97 Å². The Morgan fingerprint density at radius 1 is 1.20 bits per heavy atom. The first-order valence-corrected chi connectivity index (χ1v) is 6.80. The zero-order valence-corrected chi connectivity index (χ0v) is 12.8. The summed E-state index contributed by atoms with van der Waals surface area (Å²) in [4.78, 5) is 23.3. The Balaban J connectivity index is 2.90. The second-order valence-corrected chi connectivity index (χ2v) is 5.59. The molecule has 0 bridgehead atoms. The number of aryl methyl sites for hydroxylation is 3. The molecule has 1 amide bonds. The largest absolute Gasteiger partial charge is 0.480 e. The maximum Gasteiger partial charge on any atom is 0.329 e. The molecule has 110 valence electrons. The van der Waals surface area contributed by atoms with Gasteiger partial charge in [-0.05, 0) is 50.8 Å². The van der Waals surface area contributed by atoms with Gasteiger partial charge in [0.1, 0.15) is 5.54 Å². The molecular weight excluding hydrogens is 254 g/mol. The van der Waals surface area contributed by atoms with Gasteiger partial charge in [0, 0.05) is 0 Å². The van der Waals surface area contributed by atoms with Crippen molar-refractivity contribution in [2.24, 2.45) is 0 Å². The monoisotopic (exact) mass is 277 g/mol. The topological polar surface area (TPSA) is 66.4 Å². The van der Waals surface area contributed by atoms with Crippen LogP contribution in [0.15, 0.2) is 12.1 Å². The smallest absolute Gasteiger partial charge is 0.329 e. The molecule has 20 heavy (non-hydrogen) atoms. The molecule has 4 heteroatoms. The van der Waals surface area contributed by atoms with Crippen LogP contribution in [0.25, 0.3) is 0 Å². The average Bonchev–Trinajstić information content (AvgIpc) is 2.33. The second-order valence-electron chi connectivity index (χ2n) is 5.59. The number of rotatable bonds is 5. The molecule has 1 rings (SSSR count). The highest BCUT2D eigenvalue weighted by Gasteiger charge is 2.32. The first kappa shape index (κ1) is 16.2. The minimum atomic E-state index is -1.20. The quantitative estimate of drug-likeness (QED) is 0.869. The second kappa shape index (κ2) is 6.07. The van der Waals surface area contributed by atoms with E-state index in [1.165, 1.54) is 6.92 Å². The molecular formula is C16H23NO3. The third-order valence-electron chi connectivity index (χ3n) is 3.77. The van der Waals surface area contributed by atoms with E-state index in [0.717, 1.165) is 22.3 Å². The molecule has 0 aliphatic rings. The van der Waals surface area contributed by atoms with E-state index in [2.05, 4.69) is 5.32 Å². The number of aliphatic carboxylic acids is 1. The lowest BCUT2D eigenvalue weighted by Crippen LogP contribution is -2.52. The molecule has 1 aromatic rings. The van der Waals surface area contributed by atoms with Gasteiger partial charge in [0.2, 0.25) is 5.91 Å². The van der Waals surface area contributed by atoms with Crippen molar-refractivity contribution >= 4 is 11.9 Å². The molecule has 0 saturated heterocycles. The van der Waals surface area contributed by atoms with Crippen LogP contribution in [-0.4, -0.2) is 22.5 Å². The van der Waals surface area contributed by atoms with E-state index in [1.54, 1.807) is 6.92 Å². The van der Waals surface area contributed by atoms with E-state index in [-0.39, 0.29) is 12.3 Å². The van der Waals surface area contributed by atoms with Gasteiger partial charge in [0.25, 0.3) is 0 Å². The molecule has 0 heterocycles. The van der Waals surface area contributed by atoms with Crippen molar-refractivity contribution in [3.63, 3.8) is 0 Å². The van der Waals surface area contributed by atoms with E-state index < -0.39 is 11.5 Å². The fourth-order valence-corrected chi connectivity index (χ4v) is 2.29. The molecule has 4 nitrogen and oxygen atoms in total. The maximum atomic E-state index is 12.1. The maximum absolute atomic E-state index is 12.1. The Kier molecular flexibility index (Phi) is 4.93. The Morgan fingerprint density at radius 2 is 1.70 bits per heavy atom. The highest BCUT2D eigenvalue weighted by atomic mass is 16.4. The number of amides is 1. The van der Waals surface area contributed by atoms with Crippen LogP contribution in [0, 0.1) is 20.8 Å². The normalized spacial score (nSPS) is 13.7. The average molecular weight is 277 g/mol. The summed E-state index contributed by atoms with van der Waals surface area (Å²) in [6.07, 6.45) is 0.556. The lowest BCUT2D eigenvalue weighted by molar-refractivity contribution is -0.146. The van der Waals surface area contributed by atoms with Crippen LogP contribution in [0.2, 0.25) is 0 Å². The summed E-state index contributed by atoms with van der Waals surface area (Å²) in [5.74, 6) is -1.27. The summed E-state index contributed by atoms with van der Waals surface area (Å²) in [5, 5.41) is 11.8. The fourth-order valence-electron chi connectivity index (χ4n) is 2.29. The fraction of sp³-hybridized carbons (Fsp3) is 0.500. The standard InChI is InChI=1S/C16H23NO3/c1-6-16(5,15(19)20)17-14(18)9-13-11(3)7-10(2)8-12(13)4/h7-8H,6,9H2,1-5H3,(H,17,18)(H,19,20). The van der Waals surface area contributed by atoms with Crippen molar-refractivity contribution in [2.75, 3.05) is 0 Å². The van der Waals surface area contributed by atoms with Crippen LogP contribution in [0.4, 0.5) is 0 Å². The predicted octanol–water partition coefficient (Wildman–Crippen LogP) is 2.52. The van der Waals surface area contributed by atoms with Crippen LogP contribution in [0.5, 0.6) is 0 Å². The van der Waals surface area contributed by atoms with Crippen LogP contribution < -0.4 is 5.32 Å². The van der Waals surface area contributed by atoms with E-state index in [4.69, 9.17) is 0 Å². The van der Waals surface area contributed by atoms with Gasteiger partial charge in [-0.15, -0.1) is 0 Å². The molecule has 0 fully saturated rings. The van der Waals surface area contributed by atoms with Crippen LogP contribution in [0.1, 0.15) is 42.5 Å². The van der Waals surface area contributed by atoms with E-state index in [9.17, 15) is 14.7 Å². The van der Waals surface area contributed by atoms with Crippen molar-refractivity contribution < 1.29 is 14.7 Å². The molecule has 1 aromatic carbocycles. The third kappa shape index (κ3) is 3.59. The molecule has 0 radical (unpaired) electrons. The lowest BCUT2D eigenvalue weighted by Gasteiger charge is -2.25. The Morgan fingerprint density at radius 3 is 2.10 bits per heavy atom. The summed E-state index contributed by atoms with van der Waals surface area (Å²) in [5.41, 5.74) is 3.05. The number of hydrogen-bond donors (Lipinski definition) is 2. The van der Waals surface area contributed by atoms with E-state index >= 15 is 0 Å². The molecule has 0 saturated carbocycles. The van der Waals surface area contributed by atoms with Crippen LogP contribution >= 0.6 is 0 Å². The Labute approximate surface area is 120 Å². The van der Waals surface area contributed by atoms with Crippen LogP contribution in [-0.2, 0) is 16.0 Å². The Bertz CT molecular complexity index is 514. The van der Waals surface area contributed by atoms with E-state index in [0.29, 0.717) is 6.42 Å². The lowest BCUT2D eigenvalue weighted by atomic mass is 9.95. The molecule has 1 atom stereocenters. The number of hydrogen-bond acceptors (Lipinski definition) is 2. The number of carboxylic acids is 1. The number of benzene rings is 1. The number of carboxylic acid groups (broad SMARTS) is 1. The van der Waals surface area contributed by atoms with Gasteiger partial charge in [-0.3, -0.25) is 4.79 Å². The summed E-state index contributed by atoms with van der Waals surface area (Å²) in [6, 6.07) is 4.07. The molecule has 0 aromatic heterocycles. The zero-order valence-electron chi connectivity index (χ0n) is 12.8. The molecule has 0 aliphatic heterocycles. The SMILES string of the molecule is CCC(C)(NC(=O)Cc1c(C)cc(C)cc1C)C(=O)O. The summed E-state index contributed by atoms with van der Waals surface area (Å²) >= 11 is 0. The molecule has 1 unspecified atom stereocenters. The van der Waals surface area contributed by atoms with Gasteiger partial charge in [0.05, 0.1) is 6.42 Å². The number of carbonyl (C=O) groups is 2. The summed E-state index contributed by atoms with van der Waals surface area (Å²) in [7, 11) is 0. The third-order valence-corrected chi connectivity index (χ3v) is 3.77. The molecule has 0 aliphatic carbocycles. The van der Waals surface area contributed by atoms with Crippen molar-refractivity contribution in [3.8, 4) is 0 Å². The minimum absolute atomic E-state index is 0.209. The molecule has 2 N–H and O–H groups in total. The van der Waals surface area contributed by atoms with E-state index in [1.807, 2.05) is 32.9 Å². The highest BCUT2D eigenvalue weighted by Crippen LogP contribution is 2.18. The minimum Gasteiger partial charge on any atom is -0.480 e. The van der Waals surface area contributed by atoms with Crippen LogP contribution in [0.3, 0.4) is 0 Å². The van der Waals surface area contributed by atoms with Crippen molar-refractivity contribution in [1.29, 1.82) is 0 Å². The number of nitrogens with one attached hydrogen (secondary N) is 1. The predicted molar refractivity (Wildman–Crippen MR) is 78.8 cm³/mol. The van der Waals surface area contributed by atoms with Gasteiger partial charge in [-0.2, -0.15) is 0 Å². The molecule has 0 spiro atoms.